The van der Waals surface area contributed by atoms with Crippen LogP contribution >= 0.6 is 0 Å². The summed E-state index contributed by atoms with van der Waals surface area (Å²) < 4.78 is 5.70. The monoisotopic (exact) mass is 207 g/mol. The summed E-state index contributed by atoms with van der Waals surface area (Å²) in [5, 5.41) is 8.01. The lowest BCUT2D eigenvalue weighted by molar-refractivity contribution is 0.0111. The van der Waals surface area contributed by atoms with Crippen LogP contribution in [0.3, 0.4) is 0 Å². The molecule has 0 unspecified atom stereocenters. The molecule has 0 aliphatic carbocycles. The zero-order valence-electron chi connectivity index (χ0n) is 9.26. The van der Waals surface area contributed by atoms with Gasteiger partial charge in [-0.05, 0) is 18.1 Å². The second-order valence-corrected chi connectivity index (χ2v) is 4.18. The minimum atomic E-state index is 0.306. The summed E-state index contributed by atoms with van der Waals surface area (Å²) in [6.07, 6.45) is 2.00. The minimum absolute atomic E-state index is 0.306. The first-order chi connectivity index (χ1) is 7.27. The SMILES string of the molecule is CC(C)[C@@H]1CN(c2cccnn2)CCO1. The van der Waals surface area contributed by atoms with E-state index in [1.165, 1.54) is 0 Å². The molecule has 1 aromatic heterocycles. The van der Waals surface area contributed by atoms with Gasteiger partial charge in [0.15, 0.2) is 5.82 Å². The van der Waals surface area contributed by atoms with Crippen LogP contribution in [0.2, 0.25) is 0 Å². The molecule has 0 spiro atoms. The maximum absolute atomic E-state index is 5.70. The first kappa shape index (κ1) is 10.4. The smallest absolute Gasteiger partial charge is 0.151 e. The Morgan fingerprint density at radius 1 is 1.53 bits per heavy atom. The number of rotatable bonds is 2. The molecule has 4 nitrogen and oxygen atoms in total. The molecule has 0 N–H and O–H groups in total. The summed E-state index contributed by atoms with van der Waals surface area (Å²) in [6.45, 7) is 6.97. The molecule has 15 heavy (non-hydrogen) atoms. The van der Waals surface area contributed by atoms with Crippen LogP contribution < -0.4 is 4.90 Å². The Balaban J connectivity index is 2.05. The van der Waals surface area contributed by atoms with Gasteiger partial charge in [0.1, 0.15) is 0 Å². The number of morpholine rings is 1. The molecular weight excluding hydrogens is 190 g/mol. The highest BCUT2D eigenvalue weighted by atomic mass is 16.5. The molecule has 4 heteroatoms. The fraction of sp³-hybridized carbons (Fsp3) is 0.636. The number of aromatic nitrogens is 2. The summed E-state index contributed by atoms with van der Waals surface area (Å²) >= 11 is 0. The highest BCUT2D eigenvalue weighted by Crippen LogP contribution is 2.17. The van der Waals surface area contributed by atoms with Gasteiger partial charge in [0.05, 0.1) is 12.7 Å². The van der Waals surface area contributed by atoms with Crippen molar-refractivity contribution in [3.05, 3.63) is 18.3 Å². The average Bonchev–Trinajstić information content (AvgIpc) is 2.30. The van der Waals surface area contributed by atoms with Gasteiger partial charge in [-0.1, -0.05) is 13.8 Å². The van der Waals surface area contributed by atoms with Gasteiger partial charge in [-0.3, -0.25) is 0 Å². The summed E-state index contributed by atoms with van der Waals surface area (Å²) in [5.74, 6) is 1.50. The highest BCUT2D eigenvalue weighted by molar-refractivity contribution is 5.36. The molecule has 0 aromatic carbocycles. The van der Waals surface area contributed by atoms with Crippen LogP contribution in [0.25, 0.3) is 0 Å². The van der Waals surface area contributed by atoms with Crippen molar-refractivity contribution < 1.29 is 4.74 Å². The van der Waals surface area contributed by atoms with E-state index >= 15 is 0 Å². The van der Waals surface area contributed by atoms with E-state index in [0.717, 1.165) is 25.5 Å². The van der Waals surface area contributed by atoms with E-state index in [4.69, 9.17) is 4.74 Å². The van der Waals surface area contributed by atoms with Crippen molar-refractivity contribution in [3.8, 4) is 0 Å². The molecule has 2 rings (SSSR count). The third-order valence-electron chi connectivity index (χ3n) is 2.72. The summed E-state index contributed by atoms with van der Waals surface area (Å²) in [5.41, 5.74) is 0. The standard InChI is InChI=1S/C11H17N3O/c1-9(2)10-8-14(6-7-15-10)11-4-3-5-12-13-11/h3-5,9-10H,6-8H2,1-2H3/t10-/m0/s1. The number of ether oxygens (including phenoxy) is 1. The predicted octanol–water partition coefficient (Wildman–Crippen LogP) is 1.34. The van der Waals surface area contributed by atoms with Gasteiger partial charge in [-0.2, -0.15) is 5.10 Å². The molecule has 82 valence electrons. The van der Waals surface area contributed by atoms with E-state index in [1.54, 1.807) is 6.20 Å². The van der Waals surface area contributed by atoms with Crippen LogP contribution in [0, 0.1) is 5.92 Å². The van der Waals surface area contributed by atoms with Gasteiger partial charge in [0.2, 0.25) is 0 Å². The Hall–Kier alpha value is -1.16. The van der Waals surface area contributed by atoms with Crippen LogP contribution in [-0.2, 0) is 4.74 Å². The van der Waals surface area contributed by atoms with E-state index in [-0.39, 0.29) is 0 Å². The van der Waals surface area contributed by atoms with E-state index in [9.17, 15) is 0 Å². The lowest BCUT2D eigenvalue weighted by atomic mass is 10.1. The molecule has 0 radical (unpaired) electrons. The topological polar surface area (TPSA) is 38.2 Å². The molecule has 1 aliphatic heterocycles. The zero-order chi connectivity index (χ0) is 10.7. The second kappa shape index (κ2) is 4.57. The van der Waals surface area contributed by atoms with E-state index < -0.39 is 0 Å². The largest absolute Gasteiger partial charge is 0.374 e. The average molecular weight is 207 g/mol. The maximum atomic E-state index is 5.70. The van der Waals surface area contributed by atoms with E-state index in [2.05, 4.69) is 28.9 Å². The van der Waals surface area contributed by atoms with Gasteiger partial charge in [0.25, 0.3) is 0 Å². The first-order valence-electron chi connectivity index (χ1n) is 5.41. The number of hydrogen-bond donors (Lipinski definition) is 0. The minimum Gasteiger partial charge on any atom is -0.374 e. The fourth-order valence-electron chi connectivity index (χ4n) is 1.75. The van der Waals surface area contributed by atoms with Crippen molar-refractivity contribution in [2.45, 2.75) is 20.0 Å². The van der Waals surface area contributed by atoms with Crippen molar-refractivity contribution in [1.82, 2.24) is 10.2 Å². The normalized spacial score (nSPS) is 22.1. The Morgan fingerprint density at radius 3 is 3.07 bits per heavy atom. The van der Waals surface area contributed by atoms with Crippen LogP contribution in [0.4, 0.5) is 5.82 Å². The first-order valence-corrected chi connectivity index (χ1v) is 5.41. The second-order valence-electron chi connectivity index (χ2n) is 4.18. The molecule has 2 heterocycles. The molecule has 1 fully saturated rings. The highest BCUT2D eigenvalue weighted by Gasteiger charge is 2.23. The molecule has 0 bridgehead atoms. The van der Waals surface area contributed by atoms with Gasteiger partial charge >= 0.3 is 0 Å². The Morgan fingerprint density at radius 2 is 2.40 bits per heavy atom. The van der Waals surface area contributed by atoms with Gasteiger partial charge in [-0.15, -0.1) is 5.10 Å². The van der Waals surface area contributed by atoms with Crippen LogP contribution in [-0.4, -0.2) is 36.0 Å². The molecular formula is C11H17N3O. The summed E-state index contributed by atoms with van der Waals surface area (Å²) in [6, 6.07) is 3.91. The zero-order valence-corrected chi connectivity index (χ0v) is 9.26. The molecule has 1 aromatic rings. The third-order valence-corrected chi connectivity index (χ3v) is 2.72. The maximum Gasteiger partial charge on any atom is 0.151 e. The molecule has 1 saturated heterocycles. The Bertz CT molecular complexity index is 302. The predicted molar refractivity (Wildman–Crippen MR) is 58.8 cm³/mol. The Kier molecular flexibility index (Phi) is 3.16. The third kappa shape index (κ3) is 2.45. The van der Waals surface area contributed by atoms with Gasteiger partial charge < -0.3 is 9.64 Å². The van der Waals surface area contributed by atoms with Gasteiger partial charge in [0, 0.05) is 19.3 Å². The van der Waals surface area contributed by atoms with E-state index in [0.29, 0.717) is 12.0 Å². The number of nitrogens with zero attached hydrogens (tertiary/aromatic N) is 3. The van der Waals surface area contributed by atoms with Crippen molar-refractivity contribution >= 4 is 5.82 Å². The van der Waals surface area contributed by atoms with Gasteiger partial charge in [-0.25, -0.2) is 0 Å². The van der Waals surface area contributed by atoms with E-state index in [1.807, 2.05) is 12.1 Å². The molecule has 1 aliphatic rings. The Labute approximate surface area is 90.3 Å². The quantitative estimate of drug-likeness (QED) is 0.733. The van der Waals surface area contributed by atoms with Crippen molar-refractivity contribution in [2.75, 3.05) is 24.6 Å². The number of hydrogen-bond acceptors (Lipinski definition) is 4. The lowest BCUT2D eigenvalue weighted by Crippen LogP contribution is -2.45. The van der Waals surface area contributed by atoms with Crippen molar-refractivity contribution in [1.29, 1.82) is 0 Å². The molecule has 0 saturated carbocycles. The van der Waals surface area contributed by atoms with Crippen LogP contribution in [0.15, 0.2) is 18.3 Å². The molecule has 0 amide bonds. The summed E-state index contributed by atoms with van der Waals surface area (Å²) in [4.78, 5) is 2.24. The number of anilines is 1. The van der Waals surface area contributed by atoms with Crippen LogP contribution in [0.1, 0.15) is 13.8 Å². The van der Waals surface area contributed by atoms with Crippen molar-refractivity contribution in [3.63, 3.8) is 0 Å². The summed E-state index contributed by atoms with van der Waals surface area (Å²) in [7, 11) is 0. The lowest BCUT2D eigenvalue weighted by Gasteiger charge is -2.35. The molecule has 1 atom stereocenters. The van der Waals surface area contributed by atoms with Crippen molar-refractivity contribution in [2.24, 2.45) is 5.92 Å². The fourth-order valence-corrected chi connectivity index (χ4v) is 1.75. The van der Waals surface area contributed by atoms with Crippen LogP contribution in [0.5, 0.6) is 0 Å².